The third kappa shape index (κ3) is 4.51. The molecule has 0 radical (unpaired) electrons. The highest BCUT2D eigenvalue weighted by molar-refractivity contribution is 6.29. The Morgan fingerprint density at radius 3 is 2.58 bits per heavy atom. The van der Waals surface area contributed by atoms with Crippen molar-refractivity contribution in [2.24, 2.45) is 0 Å². The van der Waals surface area contributed by atoms with Gasteiger partial charge in [-0.3, -0.25) is 9.59 Å². The second kappa shape index (κ2) is 6.64. The highest BCUT2D eigenvalue weighted by atomic mass is 35.5. The quantitative estimate of drug-likeness (QED) is 0.724. The van der Waals surface area contributed by atoms with E-state index < -0.39 is 30.3 Å². The van der Waals surface area contributed by atoms with Crippen LogP contribution < -0.4 is 5.32 Å². The number of esters is 1. The minimum absolute atomic E-state index is 0.0981. The zero-order valence-corrected chi connectivity index (χ0v) is 10.5. The van der Waals surface area contributed by atoms with Crippen LogP contribution in [0.5, 0.6) is 0 Å². The maximum atomic E-state index is 11.7. The molecule has 102 valence electrons. The summed E-state index contributed by atoms with van der Waals surface area (Å²) < 4.78 is 4.33. The van der Waals surface area contributed by atoms with Crippen molar-refractivity contribution in [2.75, 3.05) is 7.11 Å². The predicted molar refractivity (Wildman–Crippen MR) is 62.6 cm³/mol. The number of carbonyl (C=O) groups excluding carboxylic acids is 2. The summed E-state index contributed by atoms with van der Waals surface area (Å²) in [6.45, 7) is 0. The highest BCUT2D eigenvalue weighted by Gasteiger charge is 2.24. The van der Waals surface area contributed by atoms with E-state index in [2.05, 4.69) is 20.3 Å². The first-order valence-corrected chi connectivity index (χ1v) is 5.41. The van der Waals surface area contributed by atoms with Crippen molar-refractivity contribution in [2.45, 2.75) is 12.5 Å². The summed E-state index contributed by atoms with van der Waals surface area (Å²) >= 11 is 5.50. The van der Waals surface area contributed by atoms with Gasteiger partial charge in [-0.2, -0.15) is 0 Å². The highest BCUT2D eigenvalue weighted by Crippen LogP contribution is 2.03. The van der Waals surface area contributed by atoms with Crippen LogP contribution in [0, 0.1) is 0 Å². The van der Waals surface area contributed by atoms with Gasteiger partial charge in [-0.15, -0.1) is 10.2 Å². The molecule has 8 nitrogen and oxygen atoms in total. The van der Waals surface area contributed by atoms with Crippen LogP contribution in [0.3, 0.4) is 0 Å². The summed E-state index contributed by atoms with van der Waals surface area (Å²) in [5.74, 6) is -2.89. The zero-order chi connectivity index (χ0) is 14.4. The lowest BCUT2D eigenvalue weighted by Gasteiger charge is -2.12. The molecule has 2 N–H and O–H groups in total. The monoisotopic (exact) mass is 287 g/mol. The third-order valence-electron chi connectivity index (χ3n) is 2.07. The number of hydrogen-bond acceptors (Lipinski definition) is 6. The van der Waals surface area contributed by atoms with Gasteiger partial charge in [-0.05, 0) is 12.1 Å². The van der Waals surface area contributed by atoms with Crippen LogP contribution in [0.1, 0.15) is 16.9 Å². The van der Waals surface area contributed by atoms with Crippen LogP contribution >= 0.6 is 11.6 Å². The minimum Gasteiger partial charge on any atom is -0.480 e. The fourth-order valence-corrected chi connectivity index (χ4v) is 1.22. The Bertz CT molecular complexity index is 490. The van der Waals surface area contributed by atoms with E-state index in [0.29, 0.717) is 0 Å². The number of rotatable bonds is 5. The topological polar surface area (TPSA) is 118 Å². The summed E-state index contributed by atoms with van der Waals surface area (Å²) in [4.78, 5) is 33.6. The van der Waals surface area contributed by atoms with Gasteiger partial charge in [0.1, 0.15) is 6.04 Å². The lowest BCUT2D eigenvalue weighted by Crippen LogP contribution is -2.42. The zero-order valence-electron chi connectivity index (χ0n) is 9.79. The average Bonchev–Trinajstić information content (AvgIpc) is 2.38. The molecular formula is C10H10ClN3O5. The molecule has 1 amide bonds. The molecule has 0 fully saturated rings. The van der Waals surface area contributed by atoms with E-state index >= 15 is 0 Å². The lowest BCUT2D eigenvalue weighted by atomic mass is 10.2. The number of halogens is 1. The molecule has 1 aromatic rings. The van der Waals surface area contributed by atoms with E-state index in [1.165, 1.54) is 12.1 Å². The van der Waals surface area contributed by atoms with Crippen molar-refractivity contribution < 1.29 is 24.2 Å². The average molecular weight is 288 g/mol. The normalized spacial score (nSPS) is 11.5. The molecule has 1 aromatic heterocycles. The van der Waals surface area contributed by atoms with E-state index in [1.807, 2.05) is 0 Å². The number of amides is 1. The number of carboxylic acid groups (broad SMARTS) is 1. The standard InChI is InChI=1S/C10H10ClN3O5/c1-19-8(15)4-6(10(17)18)12-9(16)5-2-3-7(11)14-13-5/h2-3,6H,4H2,1H3,(H,12,16)(H,17,18)/t6-/m0/s1. The lowest BCUT2D eigenvalue weighted by molar-refractivity contribution is -0.147. The number of carbonyl (C=O) groups is 3. The van der Waals surface area contributed by atoms with Crippen molar-refractivity contribution in [3.8, 4) is 0 Å². The van der Waals surface area contributed by atoms with E-state index in [9.17, 15) is 14.4 Å². The number of nitrogens with zero attached hydrogens (tertiary/aromatic N) is 2. The molecule has 0 aromatic carbocycles. The van der Waals surface area contributed by atoms with Crippen LogP contribution in [-0.2, 0) is 14.3 Å². The van der Waals surface area contributed by atoms with Crippen molar-refractivity contribution in [3.05, 3.63) is 23.0 Å². The Morgan fingerprint density at radius 2 is 2.11 bits per heavy atom. The first kappa shape index (κ1) is 14.8. The molecule has 0 saturated carbocycles. The van der Waals surface area contributed by atoms with Gasteiger partial charge >= 0.3 is 11.9 Å². The Hall–Kier alpha value is -2.22. The van der Waals surface area contributed by atoms with Crippen molar-refractivity contribution in [1.82, 2.24) is 15.5 Å². The summed E-state index contributed by atoms with van der Waals surface area (Å²) in [6, 6.07) is 1.21. The molecule has 1 heterocycles. The van der Waals surface area contributed by atoms with Crippen LogP contribution in [0.25, 0.3) is 0 Å². The van der Waals surface area contributed by atoms with E-state index in [4.69, 9.17) is 16.7 Å². The third-order valence-corrected chi connectivity index (χ3v) is 2.27. The molecule has 0 aliphatic carbocycles. The Balaban J connectivity index is 2.73. The number of methoxy groups -OCH3 is 1. The smallest absolute Gasteiger partial charge is 0.326 e. The fourth-order valence-electron chi connectivity index (χ4n) is 1.12. The molecule has 0 spiro atoms. The second-order valence-corrected chi connectivity index (χ2v) is 3.77. The summed E-state index contributed by atoms with van der Waals surface area (Å²) in [7, 11) is 1.12. The first-order chi connectivity index (χ1) is 8.93. The maximum absolute atomic E-state index is 11.7. The van der Waals surface area contributed by atoms with Crippen LogP contribution in [-0.4, -0.2) is 46.3 Å². The minimum atomic E-state index is -1.41. The van der Waals surface area contributed by atoms with Gasteiger partial charge in [-0.25, -0.2) is 4.79 Å². The number of carboxylic acids is 1. The van der Waals surface area contributed by atoms with Gasteiger partial charge in [0.2, 0.25) is 0 Å². The summed E-state index contributed by atoms with van der Waals surface area (Å²) in [6.07, 6.45) is -0.488. The first-order valence-electron chi connectivity index (χ1n) is 5.03. The van der Waals surface area contributed by atoms with Crippen molar-refractivity contribution in [3.63, 3.8) is 0 Å². The van der Waals surface area contributed by atoms with Crippen molar-refractivity contribution in [1.29, 1.82) is 0 Å². The Labute approximate surface area is 112 Å². The predicted octanol–water partition coefficient (Wildman–Crippen LogP) is -0.124. The number of nitrogens with one attached hydrogen (secondary N) is 1. The Morgan fingerprint density at radius 1 is 1.42 bits per heavy atom. The maximum Gasteiger partial charge on any atom is 0.326 e. The molecule has 9 heteroatoms. The largest absolute Gasteiger partial charge is 0.480 e. The van der Waals surface area contributed by atoms with E-state index in [0.717, 1.165) is 7.11 Å². The molecule has 0 aliphatic heterocycles. The van der Waals surface area contributed by atoms with Gasteiger partial charge in [0.05, 0.1) is 13.5 Å². The molecular weight excluding hydrogens is 278 g/mol. The van der Waals surface area contributed by atoms with Gasteiger partial charge < -0.3 is 15.2 Å². The molecule has 0 unspecified atom stereocenters. The Kier molecular flexibility index (Phi) is 5.19. The molecule has 19 heavy (non-hydrogen) atoms. The number of ether oxygens (including phenoxy) is 1. The molecule has 1 atom stereocenters. The number of aromatic nitrogens is 2. The van der Waals surface area contributed by atoms with E-state index in [1.54, 1.807) is 0 Å². The summed E-state index contributed by atoms with van der Waals surface area (Å²) in [5, 5.41) is 18.0. The molecule has 1 rings (SSSR count). The van der Waals surface area contributed by atoms with Crippen LogP contribution in [0.15, 0.2) is 12.1 Å². The van der Waals surface area contributed by atoms with E-state index in [-0.39, 0.29) is 10.8 Å². The number of hydrogen-bond donors (Lipinski definition) is 2. The van der Waals surface area contributed by atoms with Crippen LogP contribution in [0.2, 0.25) is 5.15 Å². The van der Waals surface area contributed by atoms with Crippen molar-refractivity contribution >= 4 is 29.4 Å². The molecule has 0 saturated heterocycles. The van der Waals surface area contributed by atoms with Gasteiger partial charge in [0.25, 0.3) is 5.91 Å². The van der Waals surface area contributed by atoms with Gasteiger partial charge in [-0.1, -0.05) is 11.6 Å². The molecule has 0 aliphatic rings. The van der Waals surface area contributed by atoms with Gasteiger partial charge in [0.15, 0.2) is 10.8 Å². The summed E-state index contributed by atoms with van der Waals surface area (Å²) in [5.41, 5.74) is -0.111. The van der Waals surface area contributed by atoms with Gasteiger partial charge in [0, 0.05) is 0 Å². The fraction of sp³-hybridized carbons (Fsp3) is 0.300. The van der Waals surface area contributed by atoms with Crippen LogP contribution in [0.4, 0.5) is 0 Å². The molecule has 0 bridgehead atoms. The SMILES string of the molecule is COC(=O)C[C@H](NC(=O)c1ccc(Cl)nn1)C(=O)O. The number of aliphatic carboxylic acids is 1. The second-order valence-electron chi connectivity index (χ2n) is 3.39.